The van der Waals surface area contributed by atoms with Crippen molar-refractivity contribution in [3.05, 3.63) is 88.2 Å². The predicted molar refractivity (Wildman–Crippen MR) is 118 cm³/mol. The molecular formula is C23H24FN5O2. The monoisotopic (exact) mass is 421 g/mol. The molecule has 1 saturated heterocycles. The van der Waals surface area contributed by atoms with E-state index in [2.05, 4.69) is 21.8 Å². The second kappa shape index (κ2) is 8.79. The normalized spacial score (nSPS) is 17.3. The number of aromatic nitrogens is 2. The number of fused-ring (bicyclic) bond motifs is 1. The lowest BCUT2D eigenvalue weighted by Crippen LogP contribution is -2.49. The number of nitrogens with one attached hydrogen (secondary N) is 1. The maximum absolute atomic E-state index is 14.6. The maximum atomic E-state index is 14.6. The number of likely N-dealkylation sites (N-methyl/N-ethyl adjacent to an activating group) is 1. The van der Waals surface area contributed by atoms with E-state index in [-0.39, 0.29) is 11.1 Å². The second-order valence-electron chi connectivity index (χ2n) is 7.57. The molecule has 1 unspecified atom stereocenters. The number of hydrogen-bond donors (Lipinski definition) is 2. The Morgan fingerprint density at radius 3 is 2.84 bits per heavy atom. The van der Waals surface area contributed by atoms with Crippen molar-refractivity contribution >= 4 is 16.6 Å². The number of benzene rings is 2. The van der Waals surface area contributed by atoms with Crippen LogP contribution in [-0.2, 0) is 6.42 Å². The van der Waals surface area contributed by atoms with Gasteiger partial charge in [0.05, 0.1) is 17.6 Å². The van der Waals surface area contributed by atoms with Crippen LogP contribution < -0.4 is 5.56 Å². The number of aliphatic hydroxyl groups is 1. The first-order valence-corrected chi connectivity index (χ1v) is 10.0. The van der Waals surface area contributed by atoms with Crippen LogP contribution in [0, 0.1) is 5.82 Å². The molecular weight excluding hydrogens is 397 g/mol. The van der Waals surface area contributed by atoms with Gasteiger partial charge in [0.1, 0.15) is 17.9 Å². The highest BCUT2D eigenvalue weighted by Gasteiger charge is 2.27. The molecule has 0 saturated carbocycles. The van der Waals surface area contributed by atoms with Crippen LogP contribution in [-0.4, -0.2) is 57.6 Å². The highest BCUT2D eigenvalue weighted by Crippen LogP contribution is 2.25. The highest BCUT2D eigenvalue weighted by atomic mass is 19.1. The summed E-state index contributed by atoms with van der Waals surface area (Å²) in [4.78, 5) is 20.0. The molecule has 7 nitrogen and oxygen atoms in total. The summed E-state index contributed by atoms with van der Waals surface area (Å²) < 4.78 is 14.6. The predicted octanol–water partition coefficient (Wildman–Crippen LogP) is 2.43. The quantitative estimate of drug-likeness (QED) is 0.661. The molecule has 3 aromatic rings. The van der Waals surface area contributed by atoms with E-state index in [4.69, 9.17) is 0 Å². The fourth-order valence-corrected chi connectivity index (χ4v) is 3.84. The third-order valence-corrected chi connectivity index (χ3v) is 5.58. The number of hydrogen-bond acceptors (Lipinski definition) is 5. The average molecular weight is 421 g/mol. The minimum atomic E-state index is -1.11. The SMILES string of the molecule is C=CN=C1CN(C(O)c2cc(Cc3n[nH]c(=O)c4ccccc34)ccc2F)CCN1C. The highest BCUT2D eigenvalue weighted by molar-refractivity contribution is 5.85. The third kappa shape index (κ3) is 4.26. The number of nitrogens with zero attached hydrogens (tertiary/aromatic N) is 4. The van der Waals surface area contributed by atoms with E-state index in [1.54, 1.807) is 29.2 Å². The van der Waals surface area contributed by atoms with Crippen LogP contribution in [0.15, 0.2) is 65.0 Å². The molecule has 1 atom stereocenters. The third-order valence-electron chi connectivity index (χ3n) is 5.58. The standard InChI is InChI=1S/C23H24FN5O2/c1-3-25-21-14-29(11-10-28(21)2)23(31)18-12-15(8-9-19(18)24)13-20-16-6-4-5-7-17(16)22(30)27-26-20/h3-9,12,23,31H,1,10-11,13-14H2,2H3,(H,27,30). The molecule has 4 rings (SSSR count). The molecule has 160 valence electrons. The summed E-state index contributed by atoms with van der Waals surface area (Å²) in [5.41, 5.74) is 1.42. The van der Waals surface area contributed by atoms with Crippen LogP contribution in [0.1, 0.15) is 23.0 Å². The van der Waals surface area contributed by atoms with Gasteiger partial charge in [0.15, 0.2) is 0 Å². The molecule has 1 aliphatic heterocycles. The molecule has 0 aliphatic carbocycles. The number of H-pyrrole nitrogens is 1. The van der Waals surface area contributed by atoms with Crippen LogP contribution in [0.4, 0.5) is 4.39 Å². The first-order valence-electron chi connectivity index (χ1n) is 10.0. The molecule has 8 heteroatoms. The fourth-order valence-electron chi connectivity index (χ4n) is 3.84. The van der Waals surface area contributed by atoms with Crippen molar-refractivity contribution in [3.63, 3.8) is 0 Å². The van der Waals surface area contributed by atoms with E-state index < -0.39 is 12.0 Å². The van der Waals surface area contributed by atoms with Crippen molar-refractivity contribution in [1.29, 1.82) is 0 Å². The topological polar surface area (TPSA) is 84.8 Å². The van der Waals surface area contributed by atoms with Gasteiger partial charge >= 0.3 is 0 Å². The Hall–Kier alpha value is -3.36. The number of rotatable bonds is 5. The number of aliphatic hydroxyl groups excluding tert-OH is 1. The molecule has 0 radical (unpaired) electrons. The average Bonchev–Trinajstić information content (AvgIpc) is 2.78. The summed E-state index contributed by atoms with van der Waals surface area (Å²) in [5.74, 6) is 0.289. The Balaban J connectivity index is 1.62. The molecule has 0 spiro atoms. The summed E-state index contributed by atoms with van der Waals surface area (Å²) in [5, 5.41) is 18.9. The van der Waals surface area contributed by atoms with Crippen molar-refractivity contribution < 1.29 is 9.50 Å². The Kier molecular flexibility index (Phi) is 5.92. The Bertz CT molecular complexity index is 1210. The van der Waals surface area contributed by atoms with Gasteiger partial charge in [-0.25, -0.2) is 14.5 Å². The molecule has 2 heterocycles. The number of aromatic amines is 1. The summed E-state index contributed by atoms with van der Waals surface area (Å²) in [7, 11) is 1.93. The van der Waals surface area contributed by atoms with E-state index in [0.717, 1.165) is 16.8 Å². The number of halogens is 1. The minimum Gasteiger partial charge on any atom is -0.374 e. The first-order chi connectivity index (χ1) is 15.0. The zero-order valence-electron chi connectivity index (χ0n) is 17.3. The molecule has 2 N–H and O–H groups in total. The fraction of sp³-hybridized carbons (Fsp3) is 0.261. The van der Waals surface area contributed by atoms with Crippen LogP contribution >= 0.6 is 0 Å². The van der Waals surface area contributed by atoms with Crippen molar-refractivity contribution in [1.82, 2.24) is 20.0 Å². The number of piperazine rings is 1. The van der Waals surface area contributed by atoms with Gasteiger partial charge in [-0.1, -0.05) is 30.8 Å². The van der Waals surface area contributed by atoms with Crippen molar-refractivity contribution in [2.24, 2.45) is 4.99 Å². The van der Waals surface area contributed by atoms with E-state index in [1.807, 2.05) is 24.1 Å². The van der Waals surface area contributed by atoms with Crippen LogP contribution in [0.3, 0.4) is 0 Å². The minimum absolute atomic E-state index is 0.203. The number of aliphatic imine (C=N–C) groups is 1. The Labute approximate surface area is 179 Å². The molecule has 1 aliphatic rings. The molecule has 2 aromatic carbocycles. The summed E-state index contributed by atoms with van der Waals surface area (Å²) in [6, 6.07) is 11.9. The zero-order chi connectivity index (χ0) is 22.0. The molecule has 0 amide bonds. The summed E-state index contributed by atoms with van der Waals surface area (Å²) >= 11 is 0. The van der Waals surface area contributed by atoms with Gasteiger partial charge in [-0.05, 0) is 23.8 Å². The number of amidine groups is 1. The lowest BCUT2D eigenvalue weighted by atomic mass is 10.0. The van der Waals surface area contributed by atoms with Crippen LogP contribution in [0.25, 0.3) is 10.8 Å². The van der Waals surface area contributed by atoms with Gasteiger partial charge in [-0.3, -0.25) is 9.69 Å². The van der Waals surface area contributed by atoms with Crippen molar-refractivity contribution in [2.75, 3.05) is 26.7 Å². The van der Waals surface area contributed by atoms with Crippen molar-refractivity contribution in [2.45, 2.75) is 12.6 Å². The molecule has 1 fully saturated rings. The zero-order valence-corrected chi connectivity index (χ0v) is 17.3. The van der Waals surface area contributed by atoms with Crippen LogP contribution in [0.2, 0.25) is 0 Å². The van der Waals surface area contributed by atoms with Crippen LogP contribution in [0.5, 0.6) is 0 Å². The van der Waals surface area contributed by atoms with Gasteiger partial charge in [0.25, 0.3) is 5.56 Å². The first kappa shape index (κ1) is 20.9. The van der Waals surface area contributed by atoms with E-state index in [1.165, 1.54) is 12.3 Å². The lowest BCUT2D eigenvalue weighted by Gasteiger charge is -2.37. The largest absolute Gasteiger partial charge is 0.374 e. The van der Waals surface area contributed by atoms with Gasteiger partial charge in [0.2, 0.25) is 0 Å². The summed E-state index contributed by atoms with van der Waals surface area (Å²) in [6.07, 6.45) is 0.747. The van der Waals surface area contributed by atoms with Gasteiger partial charge in [0, 0.05) is 43.7 Å². The van der Waals surface area contributed by atoms with Gasteiger partial charge in [-0.2, -0.15) is 5.10 Å². The van der Waals surface area contributed by atoms with E-state index in [9.17, 15) is 14.3 Å². The Morgan fingerprint density at radius 1 is 1.29 bits per heavy atom. The lowest BCUT2D eigenvalue weighted by molar-refractivity contribution is -0.000779. The molecule has 31 heavy (non-hydrogen) atoms. The van der Waals surface area contributed by atoms with Gasteiger partial charge in [-0.15, -0.1) is 0 Å². The molecule has 1 aromatic heterocycles. The second-order valence-corrected chi connectivity index (χ2v) is 7.57. The smallest absolute Gasteiger partial charge is 0.272 e. The summed E-state index contributed by atoms with van der Waals surface area (Å²) in [6.45, 7) is 5.25. The Morgan fingerprint density at radius 2 is 2.06 bits per heavy atom. The van der Waals surface area contributed by atoms with E-state index >= 15 is 0 Å². The van der Waals surface area contributed by atoms with Crippen molar-refractivity contribution in [3.8, 4) is 0 Å². The molecule has 0 bridgehead atoms. The maximum Gasteiger partial charge on any atom is 0.272 e. The van der Waals surface area contributed by atoms with Gasteiger partial charge < -0.3 is 10.0 Å². The van der Waals surface area contributed by atoms with E-state index in [0.29, 0.717) is 37.1 Å².